The van der Waals surface area contributed by atoms with E-state index in [0.29, 0.717) is 19.5 Å². The Morgan fingerprint density at radius 2 is 2.16 bits per heavy atom. The molecule has 1 atom stereocenters. The Kier molecular flexibility index (Phi) is 4.24. The second kappa shape index (κ2) is 5.74. The fraction of sp³-hybridized carbons (Fsp3) is 0.429. The number of carbonyl (C=O) groups excluding carboxylic acids is 2. The van der Waals surface area contributed by atoms with E-state index in [4.69, 9.17) is 0 Å². The number of rotatable bonds is 3. The summed E-state index contributed by atoms with van der Waals surface area (Å²) in [6, 6.07) is 7.58. The SMILES string of the molecule is CCN(C)C(=O)C1CC(=O)N(c2ccccc2Br)C1. The van der Waals surface area contributed by atoms with Crippen molar-refractivity contribution in [2.45, 2.75) is 13.3 Å². The van der Waals surface area contributed by atoms with Crippen molar-refractivity contribution in [3.8, 4) is 0 Å². The van der Waals surface area contributed by atoms with Crippen LogP contribution in [0.5, 0.6) is 0 Å². The van der Waals surface area contributed by atoms with Gasteiger partial charge in [-0.25, -0.2) is 0 Å². The molecule has 0 radical (unpaired) electrons. The van der Waals surface area contributed by atoms with Crippen molar-refractivity contribution in [3.63, 3.8) is 0 Å². The maximum Gasteiger partial charge on any atom is 0.227 e. The fourth-order valence-corrected chi connectivity index (χ4v) is 2.74. The lowest BCUT2D eigenvalue weighted by Crippen LogP contribution is -2.34. The molecule has 0 aliphatic carbocycles. The average molecular weight is 325 g/mol. The summed E-state index contributed by atoms with van der Waals surface area (Å²) in [4.78, 5) is 27.6. The van der Waals surface area contributed by atoms with Crippen molar-refractivity contribution in [2.24, 2.45) is 5.92 Å². The molecule has 1 aromatic carbocycles. The summed E-state index contributed by atoms with van der Waals surface area (Å²) in [5.74, 6) is -0.176. The van der Waals surface area contributed by atoms with E-state index in [9.17, 15) is 9.59 Å². The summed E-state index contributed by atoms with van der Waals surface area (Å²) in [6.45, 7) is 3.06. The predicted molar refractivity (Wildman–Crippen MR) is 77.9 cm³/mol. The van der Waals surface area contributed by atoms with Gasteiger partial charge in [0.2, 0.25) is 11.8 Å². The normalized spacial score (nSPS) is 18.8. The van der Waals surface area contributed by atoms with Gasteiger partial charge in [0.05, 0.1) is 11.6 Å². The highest BCUT2D eigenvalue weighted by Crippen LogP contribution is 2.31. The number of anilines is 1. The highest BCUT2D eigenvalue weighted by atomic mass is 79.9. The first-order valence-corrected chi connectivity index (χ1v) is 7.13. The van der Waals surface area contributed by atoms with Crippen LogP contribution in [-0.2, 0) is 9.59 Å². The molecule has 102 valence electrons. The lowest BCUT2D eigenvalue weighted by molar-refractivity contribution is -0.134. The Bertz CT molecular complexity index is 504. The maximum absolute atomic E-state index is 12.1. The maximum atomic E-state index is 12.1. The van der Waals surface area contributed by atoms with Crippen LogP contribution < -0.4 is 4.90 Å². The molecule has 2 rings (SSSR count). The molecule has 1 aliphatic rings. The molecule has 1 fully saturated rings. The summed E-state index contributed by atoms with van der Waals surface area (Å²) in [7, 11) is 1.77. The van der Waals surface area contributed by atoms with Gasteiger partial charge in [-0.1, -0.05) is 12.1 Å². The van der Waals surface area contributed by atoms with E-state index in [1.54, 1.807) is 16.8 Å². The zero-order chi connectivity index (χ0) is 14.0. The van der Waals surface area contributed by atoms with Gasteiger partial charge in [-0.05, 0) is 35.0 Å². The highest BCUT2D eigenvalue weighted by Gasteiger charge is 2.36. The van der Waals surface area contributed by atoms with E-state index < -0.39 is 0 Å². The number of nitrogens with zero attached hydrogens (tertiary/aromatic N) is 2. The molecule has 1 unspecified atom stereocenters. The molecule has 0 saturated carbocycles. The zero-order valence-electron chi connectivity index (χ0n) is 11.1. The summed E-state index contributed by atoms with van der Waals surface area (Å²) in [5.41, 5.74) is 0.835. The Morgan fingerprint density at radius 3 is 2.79 bits per heavy atom. The lowest BCUT2D eigenvalue weighted by Gasteiger charge is -2.20. The van der Waals surface area contributed by atoms with Gasteiger partial charge in [0, 0.05) is 31.0 Å². The first kappa shape index (κ1) is 14.1. The molecule has 0 bridgehead atoms. The number of amides is 2. The minimum atomic E-state index is -0.232. The van der Waals surface area contributed by atoms with Gasteiger partial charge in [0.25, 0.3) is 0 Å². The minimum absolute atomic E-state index is 0.00903. The van der Waals surface area contributed by atoms with Crippen molar-refractivity contribution in [1.29, 1.82) is 0 Å². The van der Waals surface area contributed by atoms with Crippen LogP contribution >= 0.6 is 15.9 Å². The van der Waals surface area contributed by atoms with Crippen LogP contribution in [0.3, 0.4) is 0 Å². The topological polar surface area (TPSA) is 40.6 Å². The highest BCUT2D eigenvalue weighted by molar-refractivity contribution is 9.10. The second-order valence-electron chi connectivity index (χ2n) is 4.71. The smallest absolute Gasteiger partial charge is 0.227 e. The van der Waals surface area contributed by atoms with Crippen LogP contribution in [0.1, 0.15) is 13.3 Å². The summed E-state index contributed by atoms with van der Waals surface area (Å²) in [6.07, 6.45) is 0.296. The number of hydrogen-bond acceptors (Lipinski definition) is 2. The van der Waals surface area contributed by atoms with Gasteiger partial charge >= 0.3 is 0 Å². The van der Waals surface area contributed by atoms with Crippen LogP contribution in [0.4, 0.5) is 5.69 Å². The largest absolute Gasteiger partial charge is 0.346 e. The van der Waals surface area contributed by atoms with E-state index in [1.807, 2.05) is 31.2 Å². The Morgan fingerprint density at radius 1 is 1.47 bits per heavy atom. The van der Waals surface area contributed by atoms with Gasteiger partial charge in [0.1, 0.15) is 0 Å². The third kappa shape index (κ3) is 2.81. The standard InChI is InChI=1S/C14H17BrN2O2/c1-3-16(2)14(19)10-8-13(18)17(9-10)12-7-5-4-6-11(12)15/h4-7,10H,3,8-9H2,1-2H3. The number of carbonyl (C=O) groups is 2. The van der Waals surface area contributed by atoms with E-state index in [0.717, 1.165) is 10.2 Å². The zero-order valence-corrected chi connectivity index (χ0v) is 12.7. The third-order valence-electron chi connectivity index (χ3n) is 3.47. The van der Waals surface area contributed by atoms with Crippen LogP contribution in [0.15, 0.2) is 28.7 Å². The van der Waals surface area contributed by atoms with Crippen molar-refractivity contribution in [3.05, 3.63) is 28.7 Å². The molecule has 1 aromatic rings. The number of hydrogen-bond donors (Lipinski definition) is 0. The average Bonchev–Trinajstić information content (AvgIpc) is 2.79. The predicted octanol–water partition coefficient (Wildman–Crippen LogP) is 2.28. The number of halogens is 1. The van der Waals surface area contributed by atoms with Gasteiger partial charge in [-0.2, -0.15) is 0 Å². The molecular formula is C14H17BrN2O2. The first-order valence-electron chi connectivity index (χ1n) is 6.34. The van der Waals surface area contributed by atoms with Crippen molar-refractivity contribution in [2.75, 3.05) is 25.0 Å². The van der Waals surface area contributed by atoms with Crippen molar-refractivity contribution >= 4 is 33.4 Å². The van der Waals surface area contributed by atoms with Gasteiger partial charge in [-0.15, -0.1) is 0 Å². The van der Waals surface area contributed by atoms with Gasteiger partial charge in [-0.3, -0.25) is 9.59 Å². The van der Waals surface area contributed by atoms with Crippen molar-refractivity contribution in [1.82, 2.24) is 4.90 Å². The van der Waals surface area contributed by atoms with Crippen LogP contribution in [0.25, 0.3) is 0 Å². The van der Waals surface area contributed by atoms with E-state index >= 15 is 0 Å². The van der Waals surface area contributed by atoms with Crippen LogP contribution in [0, 0.1) is 5.92 Å². The van der Waals surface area contributed by atoms with Crippen LogP contribution in [0.2, 0.25) is 0 Å². The quantitative estimate of drug-likeness (QED) is 0.855. The lowest BCUT2D eigenvalue weighted by atomic mass is 10.1. The third-order valence-corrected chi connectivity index (χ3v) is 4.14. The summed E-state index contributed by atoms with van der Waals surface area (Å²) >= 11 is 3.44. The second-order valence-corrected chi connectivity index (χ2v) is 5.56. The minimum Gasteiger partial charge on any atom is -0.346 e. The Labute approximate surface area is 121 Å². The van der Waals surface area contributed by atoms with E-state index in [2.05, 4.69) is 15.9 Å². The molecule has 0 spiro atoms. The molecule has 19 heavy (non-hydrogen) atoms. The molecule has 1 saturated heterocycles. The van der Waals surface area contributed by atoms with E-state index in [1.165, 1.54) is 0 Å². The Hall–Kier alpha value is -1.36. The molecule has 0 N–H and O–H groups in total. The molecule has 2 amide bonds. The number of para-hydroxylation sites is 1. The molecule has 1 heterocycles. The molecule has 5 heteroatoms. The fourth-order valence-electron chi connectivity index (χ4n) is 2.24. The van der Waals surface area contributed by atoms with Gasteiger partial charge in [0.15, 0.2) is 0 Å². The molecule has 1 aliphatic heterocycles. The first-order chi connectivity index (χ1) is 9.04. The monoisotopic (exact) mass is 324 g/mol. The van der Waals surface area contributed by atoms with Crippen molar-refractivity contribution < 1.29 is 9.59 Å². The molecular weight excluding hydrogens is 308 g/mol. The summed E-state index contributed by atoms with van der Waals surface area (Å²) in [5, 5.41) is 0. The molecule has 4 nitrogen and oxygen atoms in total. The van der Waals surface area contributed by atoms with Crippen LogP contribution in [-0.4, -0.2) is 36.9 Å². The molecule has 0 aromatic heterocycles. The van der Waals surface area contributed by atoms with E-state index in [-0.39, 0.29) is 17.7 Å². The Balaban J connectivity index is 2.17. The van der Waals surface area contributed by atoms with Gasteiger partial charge < -0.3 is 9.80 Å². The summed E-state index contributed by atoms with van der Waals surface area (Å²) < 4.78 is 0.875. The number of benzene rings is 1.